The van der Waals surface area contributed by atoms with Crippen LogP contribution in [0.1, 0.15) is 28.5 Å². The zero-order chi connectivity index (χ0) is 16.0. The highest BCUT2D eigenvalue weighted by Crippen LogP contribution is 2.29. The molecule has 3 heterocycles. The van der Waals surface area contributed by atoms with E-state index < -0.39 is 0 Å². The number of carbonyl (C=O) groups excluding carboxylic acids is 1. The number of nitrogens with two attached hydrogens (primary N) is 1. The molecule has 1 atom stereocenters. The van der Waals surface area contributed by atoms with Crippen LogP contribution in [0.4, 0.5) is 5.88 Å². The Morgan fingerprint density at radius 2 is 2.26 bits per heavy atom. The van der Waals surface area contributed by atoms with Crippen LogP contribution in [-0.4, -0.2) is 34.0 Å². The maximum absolute atomic E-state index is 12.7. The molecule has 6 nitrogen and oxygen atoms in total. The van der Waals surface area contributed by atoms with Gasteiger partial charge in [-0.1, -0.05) is 22.8 Å². The number of fused-ring (bicyclic) bond motifs is 1. The minimum absolute atomic E-state index is 0.0173. The van der Waals surface area contributed by atoms with Gasteiger partial charge in [-0.2, -0.15) is 0 Å². The summed E-state index contributed by atoms with van der Waals surface area (Å²) in [6.45, 7) is 1.30. The molecule has 0 aliphatic carbocycles. The molecule has 4 rings (SSSR count). The minimum atomic E-state index is -0.0173. The normalized spacial score (nSPS) is 18.0. The van der Waals surface area contributed by atoms with E-state index in [1.54, 1.807) is 6.07 Å². The van der Waals surface area contributed by atoms with Crippen molar-refractivity contribution in [3.05, 3.63) is 46.7 Å². The number of nitrogen functional groups attached to an aromatic ring is 1. The monoisotopic (exact) mass is 330 g/mol. The summed E-state index contributed by atoms with van der Waals surface area (Å²) < 4.78 is 4.91. The highest BCUT2D eigenvalue weighted by atomic mass is 35.5. The van der Waals surface area contributed by atoms with Gasteiger partial charge >= 0.3 is 0 Å². The summed E-state index contributed by atoms with van der Waals surface area (Å²) in [6, 6.07) is 9.11. The molecule has 0 spiro atoms. The highest BCUT2D eigenvalue weighted by molar-refractivity contribution is 6.31. The minimum Gasteiger partial charge on any atom is -0.368 e. The first kappa shape index (κ1) is 14.1. The molecule has 1 fully saturated rings. The van der Waals surface area contributed by atoms with Crippen LogP contribution in [0.25, 0.3) is 10.9 Å². The molecule has 1 aliphatic heterocycles. The number of nitrogens with one attached hydrogen (secondary N) is 1. The van der Waals surface area contributed by atoms with Crippen molar-refractivity contribution in [1.29, 1.82) is 0 Å². The van der Waals surface area contributed by atoms with E-state index in [1.165, 1.54) is 0 Å². The fourth-order valence-electron chi connectivity index (χ4n) is 3.07. The average Bonchev–Trinajstić information content (AvgIpc) is 3.23. The zero-order valence-corrected chi connectivity index (χ0v) is 13.0. The summed E-state index contributed by atoms with van der Waals surface area (Å²) in [4.78, 5) is 17.6. The molecule has 118 valence electrons. The fraction of sp³-hybridized carbons (Fsp3) is 0.250. The maximum atomic E-state index is 12.7. The van der Waals surface area contributed by atoms with E-state index in [2.05, 4.69) is 10.1 Å². The van der Waals surface area contributed by atoms with Crippen LogP contribution in [0.5, 0.6) is 0 Å². The largest absolute Gasteiger partial charge is 0.368 e. The molecule has 1 amide bonds. The first-order chi connectivity index (χ1) is 11.1. The van der Waals surface area contributed by atoms with Crippen molar-refractivity contribution in [3.8, 4) is 0 Å². The van der Waals surface area contributed by atoms with Gasteiger partial charge in [0.15, 0.2) is 0 Å². The van der Waals surface area contributed by atoms with Crippen molar-refractivity contribution in [2.75, 3.05) is 18.8 Å². The molecular formula is C16H15ClN4O2. The van der Waals surface area contributed by atoms with Crippen LogP contribution >= 0.6 is 11.6 Å². The van der Waals surface area contributed by atoms with Crippen LogP contribution in [0.2, 0.25) is 5.02 Å². The lowest BCUT2D eigenvalue weighted by atomic mass is 10.1. The van der Waals surface area contributed by atoms with Crippen LogP contribution in [0.3, 0.4) is 0 Å². The van der Waals surface area contributed by atoms with Gasteiger partial charge in [0.1, 0.15) is 5.69 Å². The Bertz CT molecular complexity index is 885. The molecule has 0 bridgehead atoms. The molecular weight excluding hydrogens is 316 g/mol. The van der Waals surface area contributed by atoms with E-state index in [4.69, 9.17) is 21.9 Å². The smallest absolute Gasteiger partial charge is 0.270 e. The van der Waals surface area contributed by atoms with E-state index in [0.29, 0.717) is 29.7 Å². The fourth-order valence-corrected chi connectivity index (χ4v) is 3.24. The topological polar surface area (TPSA) is 88.1 Å². The Labute approximate surface area is 137 Å². The summed E-state index contributed by atoms with van der Waals surface area (Å²) in [7, 11) is 0. The number of amides is 1. The van der Waals surface area contributed by atoms with Crippen LogP contribution in [-0.2, 0) is 0 Å². The predicted molar refractivity (Wildman–Crippen MR) is 87.5 cm³/mol. The van der Waals surface area contributed by atoms with Crippen LogP contribution in [0, 0.1) is 0 Å². The Hall–Kier alpha value is -2.47. The average molecular weight is 331 g/mol. The first-order valence-corrected chi connectivity index (χ1v) is 7.77. The van der Waals surface area contributed by atoms with E-state index >= 15 is 0 Å². The number of halogens is 1. The van der Waals surface area contributed by atoms with Gasteiger partial charge in [0.25, 0.3) is 5.91 Å². The van der Waals surface area contributed by atoms with Crippen molar-refractivity contribution in [2.45, 2.75) is 12.3 Å². The number of likely N-dealkylation sites (tertiary alicyclic amines) is 1. The second kappa shape index (κ2) is 5.31. The van der Waals surface area contributed by atoms with Crippen molar-refractivity contribution in [1.82, 2.24) is 15.0 Å². The number of H-pyrrole nitrogens is 1. The van der Waals surface area contributed by atoms with Crippen LogP contribution in [0.15, 0.2) is 34.9 Å². The zero-order valence-electron chi connectivity index (χ0n) is 12.3. The van der Waals surface area contributed by atoms with Gasteiger partial charge in [-0.05, 0) is 24.6 Å². The number of hydrogen-bond donors (Lipinski definition) is 2. The summed E-state index contributed by atoms with van der Waals surface area (Å²) >= 11 is 5.98. The molecule has 1 unspecified atom stereocenters. The molecule has 7 heteroatoms. The molecule has 0 radical (unpaired) electrons. The quantitative estimate of drug-likeness (QED) is 0.756. The Balaban J connectivity index is 1.54. The van der Waals surface area contributed by atoms with Gasteiger partial charge in [0.05, 0.1) is 5.69 Å². The molecule has 1 aromatic carbocycles. The van der Waals surface area contributed by atoms with Crippen LogP contribution < -0.4 is 5.73 Å². The van der Waals surface area contributed by atoms with Gasteiger partial charge in [0, 0.05) is 41.0 Å². The summed E-state index contributed by atoms with van der Waals surface area (Å²) in [5.41, 5.74) is 7.80. The molecule has 3 aromatic rings. The van der Waals surface area contributed by atoms with Crippen molar-refractivity contribution >= 4 is 34.3 Å². The molecule has 0 saturated carbocycles. The third-order valence-corrected chi connectivity index (χ3v) is 4.49. The standard InChI is InChI=1S/C16H15ClN4O2/c17-11-2-1-9-5-14(19-12(9)6-11)16(22)21-4-3-10(8-21)13-7-15(18)23-20-13/h1-2,5-7,10,19H,3-4,8,18H2. The molecule has 23 heavy (non-hydrogen) atoms. The number of nitrogens with zero attached hydrogens (tertiary/aromatic N) is 2. The summed E-state index contributed by atoms with van der Waals surface area (Å²) in [5, 5.41) is 5.56. The van der Waals surface area contributed by atoms with Gasteiger partial charge in [-0.25, -0.2) is 0 Å². The SMILES string of the molecule is Nc1cc(C2CCN(C(=O)c3cc4ccc(Cl)cc4[nH]3)C2)no1. The van der Waals surface area contributed by atoms with Crippen molar-refractivity contribution in [3.63, 3.8) is 0 Å². The number of benzene rings is 1. The third-order valence-electron chi connectivity index (χ3n) is 4.26. The summed E-state index contributed by atoms with van der Waals surface area (Å²) in [5.74, 6) is 0.451. The van der Waals surface area contributed by atoms with Gasteiger partial charge in [-0.3, -0.25) is 4.79 Å². The van der Waals surface area contributed by atoms with E-state index in [0.717, 1.165) is 23.0 Å². The number of aromatic nitrogens is 2. The molecule has 1 saturated heterocycles. The van der Waals surface area contributed by atoms with E-state index in [1.807, 2.05) is 29.2 Å². The molecule has 1 aliphatic rings. The second-order valence-electron chi connectivity index (χ2n) is 5.81. The lowest BCUT2D eigenvalue weighted by Gasteiger charge is -2.14. The Kier molecular flexibility index (Phi) is 3.27. The lowest BCUT2D eigenvalue weighted by molar-refractivity contribution is 0.0785. The predicted octanol–water partition coefficient (Wildman–Crippen LogP) is 3.02. The Morgan fingerprint density at radius 3 is 3.04 bits per heavy atom. The van der Waals surface area contributed by atoms with Crippen molar-refractivity contribution in [2.24, 2.45) is 0 Å². The van der Waals surface area contributed by atoms with Crippen molar-refractivity contribution < 1.29 is 9.32 Å². The van der Waals surface area contributed by atoms with Gasteiger partial charge < -0.3 is 20.1 Å². The maximum Gasteiger partial charge on any atom is 0.270 e. The van der Waals surface area contributed by atoms with E-state index in [-0.39, 0.29) is 11.8 Å². The number of carbonyl (C=O) groups is 1. The molecule has 3 N–H and O–H groups in total. The third kappa shape index (κ3) is 2.55. The molecule has 2 aromatic heterocycles. The first-order valence-electron chi connectivity index (χ1n) is 7.40. The Morgan fingerprint density at radius 1 is 1.39 bits per heavy atom. The number of rotatable bonds is 2. The number of anilines is 1. The highest BCUT2D eigenvalue weighted by Gasteiger charge is 2.30. The lowest BCUT2D eigenvalue weighted by Crippen LogP contribution is -2.28. The van der Waals surface area contributed by atoms with Gasteiger partial charge in [0.2, 0.25) is 5.88 Å². The second-order valence-corrected chi connectivity index (χ2v) is 6.24. The van der Waals surface area contributed by atoms with Gasteiger partial charge in [-0.15, -0.1) is 0 Å². The number of aromatic amines is 1. The number of hydrogen-bond acceptors (Lipinski definition) is 4. The summed E-state index contributed by atoms with van der Waals surface area (Å²) in [6.07, 6.45) is 0.851. The van der Waals surface area contributed by atoms with E-state index in [9.17, 15) is 4.79 Å².